The molecule has 138 valence electrons. The van der Waals surface area contributed by atoms with Crippen molar-refractivity contribution in [2.75, 3.05) is 6.61 Å². The van der Waals surface area contributed by atoms with Gasteiger partial charge in [-0.05, 0) is 26.8 Å². The van der Waals surface area contributed by atoms with E-state index in [1.807, 2.05) is 5.32 Å². The van der Waals surface area contributed by atoms with Crippen molar-refractivity contribution in [3.8, 4) is 0 Å². The van der Waals surface area contributed by atoms with Gasteiger partial charge in [0.2, 0.25) is 0 Å². The van der Waals surface area contributed by atoms with E-state index in [2.05, 4.69) is 10.4 Å². The molecule has 0 bridgehead atoms. The van der Waals surface area contributed by atoms with Gasteiger partial charge in [0.1, 0.15) is 0 Å². The van der Waals surface area contributed by atoms with Crippen LogP contribution in [0.4, 0.5) is 4.79 Å². The number of carbonyl (C=O) groups is 3. The van der Waals surface area contributed by atoms with E-state index >= 15 is 0 Å². The van der Waals surface area contributed by atoms with Crippen LogP contribution in [0, 0.1) is 0 Å². The minimum absolute atomic E-state index is 0.0681. The number of imide groups is 1. The first kappa shape index (κ1) is 19.1. The Morgan fingerprint density at radius 3 is 2.46 bits per heavy atom. The molecule has 9 heteroatoms. The number of hydrogen-bond acceptors (Lipinski definition) is 6. The van der Waals surface area contributed by atoms with Crippen molar-refractivity contribution in [3.63, 3.8) is 0 Å². The molecule has 3 amide bonds. The van der Waals surface area contributed by atoms with Gasteiger partial charge in [-0.2, -0.15) is 5.10 Å². The van der Waals surface area contributed by atoms with Gasteiger partial charge in [-0.3, -0.25) is 14.9 Å². The number of aromatic nitrogens is 2. The van der Waals surface area contributed by atoms with Crippen LogP contribution >= 0.6 is 0 Å². The first-order chi connectivity index (χ1) is 12.3. The van der Waals surface area contributed by atoms with Crippen molar-refractivity contribution in [1.29, 1.82) is 0 Å². The molecule has 0 saturated heterocycles. The highest BCUT2D eigenvalue weighted by atomic mass is 16.5. The highest BCUT2D eigenvalue weighted by molar-refractivity contribution is 6.03. The largest absolute Gasteiger partial charge is 0.451 e. The number of esters is 1. The van der Waals surface area contributed by atoms with E-state index in [9.17, 15) is 19.2 Å². The smallest absolute Gasteiger partial charge is 0.359 e. The van der Waals surface area contributed by atoms with Crippen LogP contribution in [0.15, 0.2) is 29.1 Å². The van der Waals surface area contributed by atoms with Gasteiger partial charge < -0.3 is 10.1 Å². The van der Waals surface area contributed by atoms with Crippen LogP contribution in [-0.2, 0) is 16.1 Å². The first-order valence-electron chi connectivity index (χ1n) is 8.10. The summed E-state index contributed by atoms with van der Waals surface area (Å²) in [6.45, 7) is 4.83. The lowest BCUT2D eigenvalue weighted by atomic mass is 10.1. The quantitative estimate of drug-likeness (QED) is 0.762. The van der Waals surface area contributed by atoms with Gasteiger partial charge in [-0.15, -0.1) is 0 Å². The Morgan fingerprint density at radius 2 is 1.85 bits per heavy atom. The van der Waals surface area contributed by atoms with Crippen LogP contribution in [0.3, 0.4) is 0 Å². The van der Waals surface area contributed by atoms with Crippen molar-refractivity contribution in [3.05, 3.63) is 40.3 Å². The number of aryl methyl sites for hydroxylation is 1. The predicted octanol–water partition coefficient (Wildman–Crippen LogP) is 0.807. The van der Waals surface area contributed by atoms with E-state index < -0.39 is 24.5 Å². The SMILES string of the molecule is CCn1nc(C(=O)OCC(=O)NC(=O)NC(C)C)c2ccccc2c1=O. The van der Waals surface area contributed by atoms with Crippen LogP contribution in [0.5, 0.6) is 0 Å². The van der Waals surface area contributed by atoms with Crippen molar-refractivity contribution >= 4 is 28.7 Å². The normalized spacial score (nSPS) is 10.6. The molecule has 0 saturated carbocycles. The predicted molar refractivity (Wildman–Crippen MR) is 93.8 cm³/mol. The standard InChI is InChI=1S/C17H20N4O5/c1-4-21-15(23)12-8-6-5-7-11(12)14(20-21)16(24)26-9-13(22)19-17(25)18-10(2)3/h5-8,10H,4,9H2,1-3H3,(H2,18,19,22,25). The number of urea groups is 1. The van der Waals surface area contributed by atoms with Gasteiger partial charge in [-0.25, -0.2) is 14.3 Å². The minimum Gasteiger partial charge on any atom is -0.451 e. The molecule has 0 spiro atoms. The molecule has 2 rings (SSSR count). The summed E-state index contributed by atoms with van der Waals surface area (Å²) < 4.78 is 6.08. The summed E-state index contributed by atoms with van der Waals surface area (Å²) in [5, 5.41) is 9.21. The lowest BCUT2D eigenvalue weighted by Gasteiger charge is -2.11. The highest BCUT2D eigenvalue weighted by Crippen LogP contribution is 2.14. The second-order valence-electron chi connectivity index (χ2n) is 5.77. The third-order valence-electron chi connectivity index (χ3n) is 3.37. The fraction of sp³-hybridized carbons (Fsp3) is 0.353. The molecule has 26 heavy (non-hydrogen) atoms. The topological polar surface area (TPSA) is 119 Å². The molecule has 0 radical (unpaired) electrons. The first-order valence-corrected chi connectivity index (χ1v) is 8.10. The summed E-state index contributed by atoms with van der Waals surface area (Å²) in [5.41, 5.74) is -0.385. The monoisotopic (exact) mass is 360 g/mol. The molecule has 0 fully saturated rings. The van der Waals surface area contributed by atoms with Crippen LogP contribution in [-0.4, -0.2) is 40.3 Å². The zero-order valence-corrected chi connectivity index (χ0v) is 14.7. The molecule has 0 unspecified atom stereocenters. The van der Waals surface area contributed by atoms with Crippen molar-refractivity contribution in [2.24, 2.45) is 0 Å². The Kier molecular flexibility index (Phi) is 6.05. The molecule has 9 nitrogen and oxygen atoms in total. The fourth-order valence-corrected chi connectivity index (χ4v) is 2.26. The van der Waals surface area contributed by atoms with Crippen molar-refractivity contribution < 1.29 is 19.1 Å². The zero-order valence-electron chi connectivity index (χ0n) is 14.7. The van der Waals surface area contributed by atoms with E-state index in [-0.39, 0.29) is 23.8 Å². The Morgan fingerprint density at radius 1 is 1.19 bits per heavy atom. The molecule has 1 heterocycles. The second-order valence-corrected chi connectivity index (χ2v) is 5.77. The molecule has 0 aliphatic carbocycles. The summed E-state index contributed by atoms with van der Waals surface area (Å²) >= 11 is 0. The zero-order chi connectivity index (χ0) is 19.3. The third-order valence-corrected chi connectivity index (χ3v) is 3.37. The van der Waals surface area contributed by atoms with E-state index in [4.69, 9.17) is 4.74 Å². The minimum atomic E-state index is -0.859. The number of rotatable bonds is 5. The molecule has 0 aliphatic heterocycles. The van der Waals surface area contributed by atoms with Crippen LogP contribution in [0.1, 0.15) is 31.3 Å². The lowest BCUT2D eigenvalue weighted by Crippen LogP contribution is -2.44. The number of hydrogen-bond donors (Lipinski definition) is 2. The van der Waals surface area contributed by atoms with Gasteiger partial charge in [0.05, 0.1) is 5.39 Å². The van der Waals surface area contributed by atoms with E-state index in [0.29, 0.717) is 10.8 Å². The molecule has 2 N–H and O–H groups in total. The molecule has 0 aliphatic rings. The average Bonchev–Trinajstić information content (AvgIpc) is 2.59. The number of fused-ring (bicyclic) bond motifs is 1. The molecular weight excluding hydrogens is 340 g/mol. The molecule has 2 aromatic rings. The number of benzene rings is 1. The summed E-state index contributed by atoms with van der Waals surface area (Å²) in [6, 6.07) is 5.70. The maximum absolute atomic E-state index is 12.3. The van der Waals surface area contributed by atoms with Gasteiger partial charge in [-0.1, -0.05) is 18.2 Å². The summed E-state index contributed by atoms with van der Waals surface area (Å²) in [5.74, 6) is -1.63. The maximum Gasteiger partial charge on any atom is 0.359 e. The average molecular weight is 360 g/mol. The molecule has 1 aromatic carbocycles. The van der Waals surface area contributed by atoms with Crippen molar-refractivity contribution in [2.45, 2.75) is 33.4 Å². The van der Waals surface area contributed by atoms with Crippen molar-refractivity contribution in [1.82, 2.24) is 20.4 Å². The number of nitrogens with one attached hydrogen (secondary N) is 2. The van der Waals surface area contributed by atoms with E-state index in [0.717, 1.165) is 4.68 Å². The summed E-state index contributed by atoms with van der Waals surface area (Å²) in [7, 11) is 0. The maximum atomic E-state index is 12.3. The van der Waals surface area contributed by atoms with Gasteiger partial charge >= 0.3 is 12.0 Å². The Balaban J connectivity index is 2.15. The van der Waals surface area contributed by atoms with Gasteiger partial charge in [0.15, 0.2) is 12.3 Å². The Bertz CT molecular complexity index is 904. The number of amides is 3. The van der Waals surface area contributed by atoms with Crippen LogP contribution in [0.25, 0.3) is 10.8 Å². The summed E-state index contributed by atoms with van der Waals surface area (Å²) in [6.07, 6.45) is 0. The highest BCUT2D eigenvalue weighted by Gasteiger charge is 2.19. The van der Waals surface area contributed by atoms with Crippen LogP contribution < -0.4 is 16.2 Å². The van der Waals surface area contributed by atoms with Gasteiger partial charge in [0, 0.05) is 18.0 Å². The number of carbonyl (C=O) groups excluding carboxylic acids is 3. The summed E-state index contributed by atoms with van der Waals surface area (Å²) in [4.78, 5) is 47.7. The molecule has 0 atom stereocenters. The Labute approximate surface area is 149 Å². The Hall–Kier alpha value is -3.23. The lowest BCUT2D eigenvalue weighted by molar-refractivity contribution is -0.123. The van der Waals surface area contributed by atoms with Gasteiger partial charge in [0.25, 0.3) is 11.5 Å². The van der Waals surface area contributed by atoms with Crippen LogP contribution in [0.2, 0.25) is 0 Å². The molecular formula is C17H20N4O5. The second kappa shape index (κ2) is 8.24. The van der Waals surface area contributed by atoms with E-state index in [1.165, 1.54) is 0 Å². The number of nitrogens with zero attached hydrogens (tertiary/aromatic N) is 2. The number of ether oxygens (including phenoxy) is 1. The fourth-order valence-electron chi connectivity index (χ4n) is 2.26. The van der Waals surface area contributed by atoms with E-state index in [1.54, 1.807) is 45.0 Å². The third kappa shape index (κ3) is 4.44. The molecule has 1 aromatic heterocycles.